The largest absolute Gasteiger partial charge is 0.330 e. The van der Waals surface area contributed by atoms with Crippen molar-refractivity contribution in [3.8, 4) is 0 Å². The van der Waals surface area contributed by atoms with Gasteiger partial charge in [-0.1, -0.05) is 61.5 Å². The minimum absolute atomic E-state index is 0.0156. The van der Waals surface area contributed by atoms with E-state index in [4.69, 9.17) is 5.73 Å². The number of ketones is 6. The molecule has 9 nitrogen and oxygen atoms in total. The Morgan fingerprint density at radius 1 is 0.500 bits per heavy atom. The van der Waals surface area contributed by atoms with Gasteiger partial charge in [-0.3, -0.25) is 28.8 Å². The van der Waals surface area contributed by atoms with Crippen LogP contribution in [-0.2, 0) is 0 Å². The van der Waals surface area contributed by atoms with Gasteiger partial charge < -0.3 is 17.2 Å². The van der Waals surface area contributed by atoms with Crippen LogP contribution in [0.3, 0.4) is 0 Å². The van der Waals surface area contributed by atoms with E-state index in [0.717, 1.165) is 6.42 Å². The van der Waals surface area contributed by atoms with Crippen LogP contribution in [-0.4, -0.2) is 47.9 Å². The van der Waals surface area contributed by atoms with E-state index in [1.807, 2.05) is 6.92 Å². The maximum Gasteiger partial charge on any atom is 0.164 e. The number of carbonyl (C=O) groups excluding carboxylic acids is 6. The fraction of sp³-hybridized carbons (Fsp3) is 0.314. The van der Waals surface area contributed by atoms with Crippen LogP contribution >= 0.6 is 0 Å². The predicted molar refractivity (Wildman–Crippen MR) is 172 cm³/mol. The minimum atomic E-state index is -0.105. The molecular weight excluding hydrogens is 558 g/mol. The van der Waals surface area contributed by atoms with Crippen LogP contribution in [0, 0.1) is 0 Å². The number of hydrogen-bond acceptors (Lipinski definition) is 9. The molecule has 3 aromatic rings. The molecule has 0 amide bonds. The molecule has 0 atom stereocenters. The van der Waals surface area contributed by atoms with Crippen molar-refractivity contribution >= 4 is 34.7 Å². The predicted octanol–water partition coefficient (Wildman–Crippen LogP) is 5.39. The third-order valence-electron chi connectivity index (χ3n) is 6.34. The first-order chi connectivity index (χ1) is 21.0. The summed E-state index contributed by atoms with van der Waals surface area (Å²) in [5.74, 6) is -0.282. The molecule has 0 fully saturated rings. The Balaban J connectivity index is 0.000000533. The summed E-state index contributed by atoms with van der Waals surface area (Å²) in [6.07, 6.45) is 2.31. The molecule has 0 heterocycles. The summed E-state index contributed by atoms with van der Waals surface area (Å²) in [4.78, 5) is 70.6. The highest BCUT2D eigenvalue weighted by Gasteiger charge is 2.13. The minimum Gasteiger partial charge on any atom is -0.330 e. The Morgan fingerprint density at radius 2 is 0.795 bits per heavy atom. The van der Waals surface area contributed by atoms with Crippen LogP contribution in [0.1, 0.15) is 121 Å². The van der Waals surface area contributed by atoms with Crippen LogP contribution in [0.25, 0.3) is 0 Å². The molecule has 0 aliphatic heterocycles. The van der Waals surface area contributed by atoms with E-state index >= 15 is 0 Å². The molecule has 0 saturated heterocycles. The quantitative estimate of drug-likeness (QED) is 0.161. The maximum atomic E-state index is 12.4. The van der Waals surface area contributed by atoms with E-state index in [9.17, 15) is 28.8 Å². The number of hydrogen-bond donors (Lipinski definition) is 3. The number of Topliss-reactive ketones (excluding diaryl/α,β-unsaturated/α-hetero) is 6. The molecule has 9 heteroatoms. The molecule has 0 bridgehead atoms. The van der Waals surface area contributed by atoms with Crippen LogP contribution in [0.2, 0.25) is 0 Å². The van der Waals surface area contributed by atoms with Gasteiger partial charge in [-0.05, 0) is 51.4 Å². The van der Waals surface area contributed by atoms with Gasteiger partial charge in [-0.15, -0.1) is 0 Å². The van der Waals surface area contributed by atoms with Crippen molar-refractivity contribution in [2.24, 2.45) is 17.2 Å². The molecule has 3 aromatic carbocycles. The summed E-state index contributed by atoms with van der Waals surface area (Å²) in [7, 11) is 0. The molecule has 0 unspecified atom stereocenters. The lowest BCUT2D eigenvalue weighted by Gasteiger charge is -2.06. The van der Waals surface area contributed by atoms with E-state index in [1.54, 1.807) is 72.8 Å². The maximum absolute atomic E-state index is 12.4. The van der Waals surface area contributed by atoms with E-state index in [0.29, 0.717) is 46.2 Å². The Hall–Kier alpha value is -4.44. The summed E-state index contributed by atoms with van der Waals surface area (Å²) < 4.78 is 0. The van der Waals surface area contributed by atoms with Crippen molar-refractivity contribution < 1.29 is 28.8 Å². The lowest BCUT2D eigenvalue weighted by Crippen LogP contribution is -2.09. The fourth-order valence-corrected chi connectivity index (χ4v) is 4.03. The highest BCUT2D eigenvalue weighted by Crippen LogP contribution is 2.15. The highest BCUT2D eigenvalue weighted by atomic mass is 16.1. The SMILES string of the molecule is CC(=O)c1cccc(C(C)=O)c1.CCCC(=O)c1cccc(C(=O)CCCC(=O)c2cccc(C(=O)CCN)c2)c1.NCN. The van der Waals surface area contributed by atoms with Gasteiger partial charge in [0.25, 0.3) is 0 Å². The second kappa shape index (κ2) is 20.5. The van der Waals surface area contributed by atoms with Gasteiger partial charge in [0.2, 0.25) is 0 Å². The lowest BCUT2D eigenvalue weighted by atomic mass is 9.97. The molecule has 0 aliphatic rings. The highest BCUT2D eigenvalue weighted by molar-refractivity contribution is 6.03. The van der Waals surface area contributed by atoms with Crippen molar-refractivity contribution in [3.63, 3.8) is 0 Å². The number of carbonyl (C=O) groups is 6. The smallest absolute Gasteiger partial charge is 0.164 e. The molecule has 0 saturated carbocycles. The zero-order chi connectivity index (χ0) is 33.1. The summed E-state index contributed by atoms with van der Waals surface area (Å²) in [5.41, 5.74) is 17.8. The molecular formula is C35H43N3O6. The Kier molecular flexibility index (Phi) is 17.5. The lowest BCUT2D eigenvalue weighted by molar-refractivity contribution is 0.0952. The first kappa shape index (κ1) is 37.6. The zero-order valence-electron chi connectivity index (χ0n) is 25.8. The molecule has 3 rings (SSSR count). The molecule has 0 aliphatic carbocycles. The van der Waals surface area contributed by atoms with E-state index < -0.39 is 0 Å². The molecule has 0 aromatic heterocycles. The van der Waals surface area contributed by atoms with Crippen LogP contribution in [0.4, 0.5) is 0 Å². The van der Waals surface area contributed by atoms with Crippen molar-refractivity contribution in [1.82, 2.24) is 0 Å². The Labute approximate surface area is 259 Å². The second-order valence-electron chi connectivity index (χ2n) is 9.93. The average molecular weight is 602 g/mol. The van der Waals surface area contributed by atoms with Crippen LogP contribution in [0.5, 0.6) is 0 Å². The van der Waals surface area contributed by atoms with Gasteiger partial charge in [0, 0.05) is 65.7 Å². The average Bonchev–Trinajstić information content (AvgIpc) is 3.02. The standard InChI is InChI=1S/C24H27NO4.C10H10O2.CH6N2/c1-2-6-21(26)17-7-3-8-18(15-17)22(27)11-5-12-23(28)19-9-4-10-20(16-19)24(29)13-14-25;1-7(11)9-4-3-5-10(6-9)8(2)12;2-1-3/h3-4,7-10,15-16H,2,5-6,11-14,25H2,1H3;3-6H,1-2H3;1-3H2. The van der Waals surface area contributed by atoms with Gasteiger partial charge in [-0.2, -0.15) is 0 Å². The van der Waals surface area contributed by atoms with E-state index in [2.05, 4.69) is 11.5 Å². The zero-order valence-corrected chi connectivity index (χ0v) is 25.8. The van der Waals surface area contributed by atoms with Crippen molar-refractivity contribution in [1.29, 1.82) is 0 Å². The fourth-order valence-electron chi connectivity index (χ4n) is 4.03. The topological polar surface area (TPSA) is 180 Å². The first-order valence-corrected chi connectivity index (χ1v) is 14.5. The third-order valence-corrected chi connectivity index (χ3v) is 6.34. The summed E-state index contributed by atoms with van der Waals surface area (Å²) in [6, 6.07) is 20.1. The van der Waals surface area contributed by atoms with Crippen LogP contribution < -0.4 is 17.2 Å². The van der Waals surface area contributed by atoms with Crippen LogP contribution in [0.15, 0.2) is 72.8 Å². The first-order valence-electron chi connectivity index (χ1n) is 14.5. The number of benzene rings is 3. The molecule has 0 spiro atoms. The van der Waals surface area contributed by atoms with Gasteiger partial charge in [0.05, 0.1) is 0 Å². The second-order valence-corrected chi connectivity index (χ2v) is 9.93. The number of rotatable bonds is 14. The van der Waals surface area contributed by atoms with Crippen molar-refractivity contribution in [2.45, 2.75) is 59.3 Å². The molecule has 234 valence electrons. The Morgan fingerprint density at radius 3 is 1.11 bits per heavy atom. The molecule has 44 heavy (non-hydrogen) atoms. The van der Waals surface area contributed by atoms with Gasteiger partial charge in [0.15, 0.2) is 34.7 Å². The Bertz CT molecular complexity index is 1340. The van der Waals surface area contributed by atoms with E-state index in [-0.39, 0.29) is 67.2 Å². The summed E-state index contributed by atoms with van der Waals surface area (Å²) >= 11 is 0. The van der Waals surface area contributed by atoms with Gasteiger partial charge in [-0.25, -0.2) is 0 Å². The third kappa shape index (κ3) is 13.2. The summed E-state index contributed by atoms with van der Waals surface area (Å²) in [5, 5.41) is 0. The normalized spacial score (nSPS) is 9.95. The van der Waals surface area contributed by atoms with Gasteiger partial charge in [0.1, 0.15) is 0 Å². The summed E-state index contributed by atoms with van der Waals surface area (Å²) in [6.45, 7) is 5.43. The van der Waals surface area contributed by atoms with E-state index in [1.165, 1.54) is 13.8 Å². The van der Waals surface area contributed by atoms with Crippen molar-refractivity contribution in [2.75, 3.05) is 13.2 Å². The molecule has 0 radical (unpaired) electrons. The van der Waals surface area contributed by atoms with Crippen molar-refractivity contribution in [3.05, 3.63) is 106 Å². The van der Waals surface area contributed by atoms with Gasteiger partial charge >= 0.3 is 0 Å². The molecule has 6 N–H and O–H groups in total. The number of nitrogens with two attached hydrogens (primary N) is 3. The monoisotopic (exact) mass is 601 g/mol.